The maximum atomic E-state index is 12.7. The van der Waals surface area contributed by atoms with Crippen LogP contribution < -0.4 is 5.32 Å². The lowest BCUT2D eigenvalue weighted by atomic mass is 9.82. The Labute approximate surface area is 143 Å². The monoisotopic (exact) mass is 349 g/mol. The van der Waals surface area contributed by atoms with Crippen LogP contribution >= 0.6 is 11.3 Å². The first-order chi connectivity index (χ1) is 11.4. The summed E-state index contributed by atoms with van der Waals surface area (Å²) < 4.78 is 5.01. The van der Waals surface area contributed by atoms with Crippen molar-refractivity contribution in [3.05, 3.63) is 28.7 Å². The Morgan fingerprint density at radius 3 is 2.58 bits per heavy atom. The second kappa shape index (κ2) is 6.39. The third-order valence-electron chi connectivity index (χ3n) is 4.63. The summed E-state index contributed by atoms with van der Waals surface area (Å²) in [5.74, 6) is -3.21. The van der Waals surface area contributed by atoms with Crippen LogP contribution in [0.4, 0.5) is 5.00 Å². The molecule has 4 atom stereocenters. The standard InChI is InChI=1S/C17H19NO5S/c1-3-23-17(22)11-6-8(2)24-15(11)18-14(19)12-9-4-5-10(7-9)13(12)16(20)21/h4-6,9-10,12-13H,3,7H2,1-2H3,(H,18,19)(H,20,21)/t9-,10-,12+,13+/m0/s1. The van der Waals surface area contributed by atoms with Crippen LogP contribution in [0, 0.1) is 30.6 Å². The number of amides is 1. The molecule has 7 heteroatoms. The Kier molecular flexibility index (Phi) is 4.45. The molecule has 3 rings (SSSR count). The summed E-state index contributed by atoms with van der Waals surface area (Å²) in [4.78, 5) is 37.1. The first-order valence-corrected chi connectivity index (χ1v) is 8.73. The number of esters is 1. The van der Waals surface area contributed by atoms with Gasteiger partial charge in [0.15, 0.2) is 0 Å². The van der Waals surface area contributed by atoms with E-state index in [4.69, 9.17) is 4.74 Å². The summed E-state index contributed by atoms with van der Waals surface area (Å²) in [6.45, 7) is 3.80. The second-order valence-corrected chi connectivity index (χ2v) is 7.40. The largest absolute Gasteiger partial charge is 0.481 e. The van der Waals surface area contributed by atoms with Crippen molar-refractivity contribution in [3.63, 3.8) is 0 Å². The molecule has 0 aromatic carbocycles. The average Bonchev–Trinajstić information content (AvgIpc) is 3.20. The zero-order valence-electron chi connectivity index (χ0n) is 13.4. The van der Waals surface area contributed by atoms with E-state index >= 15 is 0 Å². The van der Waals surface area contributed by atoms with Gasteiger partial charge in [-0.25, -0.2) is 4.79 Å². The fraction of sp³-hybridized carbons (Fsp3) is 0.471. The summed E-state index contributed by atoms with van der Waals surface area (Å²) in [6.07, 6.45) is 4.52. The molecule has 2 N–H and O–H groups in total. The summed E-state index contributed by atoms with van der Waals surface area (Å²) >= 11 is 1.29. The lowest BCUT2D eigenvalue weighted by Gasteiger charge is -2.23. The topological polar surface area (TPSA) is 92.7 Å². The van der Waals surface area contributed by atoms with Crippen molar-refractivity contribution < 1.29 is 24.2 Å². The minimum Gasteiger partial charge on any atom is -0.481 e. The number of allylic oxidation sites excluding steroid dienone is 2. The molecule has 1 aromatic heterocycles. The Hall–Kier alpha value is -2.15. The number of carboxylic acid groups (broad SMARTS) is 1. The highest BCUT2D eigenvalue weighted by Crippen LogP contribution is 2.48. The van der Waals surface area contributed by atoms with Crippen LogP contribution in [0.25, 0.3) is 0 Å². The molecular formula is C17H19NO5S. The molecule has 0 saturated heterocycles. The van der Waals surface area contributed by atoms with E-state index in [0.717, 1.165) is 4.88 Å². The highest BCUT2D eigenvalue weighted by Gasteiger charge is 2.51. The van der Waals surface area contributed by atoms with E-state index in [9.17, 15) is 19.5 Å². The smallest absolute Gasteiger partial charge is 0.341 e. The molecule has 0 spiro atoms. The fourth-order valence-corrected chi connectivity index (χ4v) is 4.58. The molecule has 2 aliphatic carbocycles. The van der Waals surface area contributed by atoms with E-state index in [1.807, 2.05) is 19.1 Å². The molecule has 6 nitrogen and oxygen atoms in total. The molecule has 24 heavy (non-hydrogen) atoms. The Balaban J connectivity index is 1.82. The molecule has 0 aliphatic heterocycles. The van der Waals surface area contributed by atoms with Crippen LogP contribution in [0.15, 0.2) is 18.2 Å². The van der Waals surface area contributed by atoms with E-state index in [0.29, 0.717) is 17.0 Å². The maximum absolute atomic E-state index is 12.7. The first-order valence-electron chi connectivity index (χ1n) is 7.92. The summed E-state index contributed by atoms with van der Waals surface area (Å²) in [7, 11) is 0. The highest BCUT2D eigenvalue weighted by atomic mass is 32.1. The Bertz CT molecular complexity index is 723. The third kappa shape index (κ3) is 2.84. The van der Waals surface area contributed by atoms with Gasteiger partial charge in [0, 0.05) is 4.88 Å². The molecule has 1 saturated carbocycles. The molecule has 1 fully saturated rings. The maximum Gasteiger partial charge on any atom is 0.341 e. The predicted octanol–water partition coefficient (Wildman–Crippen LogP) is 2.69. The minimum atomic E-state index is -0.944. The minimum absolute atomic E-state index is 0.0526. The molecular weight excluding hydrogens is 330 g/mol. The number of fused-ring (bicyclic) bond motifs is 2. The molecule has 2 bridgehead atoms. The van der Waals surface area contributed by atoms with Crippen molar-refractivity contribution in [2.24, 2.45) is 23.7 Å². The van der Waals surface area contributed by atoms with Crippen molar-refractivity contribution >= 4 is 34.2 Å². The number of anilines is 1. The van der Waals surface area contributed by atoms with Crippen molar-refractivity contribution in [1.29, 1.82) is 0 Å². The predicted molar refractivity (Wildman–Crippen MR) is 89.0 cm³/mol. The number of hydrogen-bond acceptors (Lipinski definition) is 5. The quantitative estimate of drug-likeness (QED) is 0.630. The van der Waals surface area contributed by atoms with Crippen LogP contribution in [0.2, 0.25) is 0 Å². The van der Waals surface area contributed by atoms with E-state index in [1.165, 1.54) is 11.3 Å². The van der Waals surface area contributed by atoms with E-state index in [1.54, 1.807) is 13.0 Å². The Morgan fingerprint density at radius 1 is 1.29 bits per heavy atom. The van der Waals surface area contributed by atoms with Gasteiger partial charge in [-0.15, -0.1) is 11.3 Å². The van der Waals surface area contributed by atoms with Gasteiger partial charge in [-0.1, -0.05) is 12.2 Å². The summed E-state index contributed by atoms with van der Waals surface area (Å²) in [6, 6.07) is 1.67. The van der Waals surface area contributed by atoms with Gasteiger partial charge in [0.25, 0.3) is 0 Å². The zero-order chi connectivity index (χ0) is 17.4. The number of aliphatic carboxylic acids is 1. The van der Waals surface area contributed by atoms with E-state index in [-0.39, 0.29) is 24.3 Å². The number of thiophene rings is 1. The van der Waals surface area contributed by atoms with Crippen LogP contribution in [0.3, 0.4) is 0 Å². The van der Waals surface area contributed by atoms with Crippen molar-refractivity contribution in [3.8, 4) is 0 Å². The van der Waals surface area contributed by atoms with Gasteiger partial charge >= 0.3 is 11.9 Å². The molecule has 1 amide bonds. The summed E-state index contributed by atoms with van der Waals surface area (Å²) in [5.41, 5.74) is 0.318. The van der Waals surface area contributed by atoms with Crippen LogP contribution in [-0.4, -0.2) is 29.6 Å². The van der Waals surface area contributed by atoms with Crippen molar-refractivity contribution in [2.45, 2.75) is 20.3 Å². The number of aryl methyl sites for hydroxylation is 1. The normalized spacial score (nSPS) is 27.2. The average molecular weight is 349 g/mol. The van der Waals surface area contributed by atoms with Gasteiger partial charge < -0.3 is 15.2 Å². The van der Waals surface area contributed by atoms with E-state index in [2.05, 4.69) is 5.32 Å². The van der Waals surface area contributed by atoms with Crippen LogP contribution in [-0.2, 0) is 14.3 Å². The van der Waals surface area contributed by atoms with Gasteiger partial charge in [-0.05, 0) is 38.2 Å². The highest BCUT2D eigenvalue weighted by molar-refractivity contribution is 7.16. The van der Waals surface area contributed by atoms with Crippen LogP contribution in [0.1, 0.15) is 28.6 Å². The van der Waals surface area contributed by atoms with Gasteiger partial charge in [0.2, 0.25) is 5.91 Å². The number of nitrogens with one attached hydrogen (secondary N) is 1. The number of carbonyl (C=O) groups excluding carboxylic acids is 2. The molecule has 1 aromatic rings. The molecule has 0 radical (unpaired) electrons. The number of hydrogen-bond donors (Lipinski definition) is 2. The molecule has 2 aliphatic rings. The number of carboxylic acids is 1. The molecule has 128 valence electrons. The Morgan fingerprint density at radius 2 is 1.96 bits per heavy atom. The van der Waals surface area contributed by atoms with Crippen LogP contribution in [0.5, 0.6) is 0 Å². The first kappa shape index (κ1) is 16.7. The van der Waals surface area contributed by atoms with Crippen molar-refractivity contribution in [2.75, 3.05) is 11.9 Å². The van der Waals surface area contributed by atoms with Crippen molar-refractivity contribution in [1.82, 2.24) is 0 Å². The number of ether oxygens (including phenoxy) is 1. The molecule has 0 unspecified atom stereocenters. The lowest BCUT2D eigenvalue weighted by Crippen LogP contribution is -2.36. The second-order valence-electron chi connectivity index (χ2n) is 6.15. The number of carbonyl (C=O) groups is 3. The van der Waals surface area contributed by atoms with Gasteiger partial charge in [-0.2, -0.15) is 0 Å². The fourth-order valence-electron chi connectivity index (χ4n) is 3.68. The molecule has 1 heterocycles. The van der Waals surface area contributed by atoms with Gasteiger partial charge in [-0.3, -0.25) is 9.59 Å². The number of rotatable bonds is 5. The van der Waals surface area contributed by atoms with Gasteiger partial charge in [0.1, 0.15) is 5.00 Å². The lowest BCUT2D eigenvalue weighted by molar-refractivity contribution is -0.146. The van der Waals surface area contributed by atoms with Gasteiger partial charge in [0.05, 0.1) is 24.0 Å². The zero-order valence-corrected chi connectivity index (χ0v) is 14.3. The SMILES string of the molecule is CCOC(=O)c1cc(C)sc1NC(=O)[C@H]1[C@H](C(=O)O)[C@H]2C=C[C@H]1C2. The van der Waals surface area contributed by atoms with E-state index < -0.39 is 23.8 Å². The third-order valence-corrected chi connectivity index (χ3v) is 5.60. The summed E-state index contributed by atoms with van der Waals surface area (Å²) in [5, 5.41) is 12.6.